The number of ether oxygens (including phenoxy) is 1. The van der Waals surface area contributed by atoms with Gasteiger partial charge in [-0.15, -0.1) is 12.6 Å². The van der Waals surface area contributed by atoms with Crippen molar-refractivity contribution >= 4 is 29.0 Å². The van der Waals surface area contributed by atoms with Crippen LogP contribution in [0.25, 0.3) is 27.5 Å². The Morgan fingerprint density at radius 1 is 1.21 bits per heavy atom. The number of aromatic nitrogens is 1. The number of nitrogens with zero attached hydrogens (tertiary/aromatic N) is 1. The van der Waals surface area contributed by atoms with Gasteiger partial charge in [0.1, 0.15) is 5.75 Å². The van der Waals surface area contributed by atoms with E-state index >= 15 is 0 Å². The second-order valence-corrected chi connectivity index (χ2v) is 7.43. The van der Waals surface area contributed by atoms with Crippen molar-refractivity contribution in [3.8, 4) is 16.9 Å². The van der Waals surface area contributed by atoms with Gasteiger partial charge >= 0.3 is 0 Å². The Bertz CT molecular complexity index is 1120. The summed E-state index contributed by atoms with van der Waals surface area (Å²) in [6, 6.07) is 11.7. The third-order valence-corrected chi connectivity index (χ3v) is 5.09. The molecule has 0 bridgehead atoms. The summed E-state index contributed by atoms with van der Waals surface area (Å²) in [6.07, 6.45) is 4.65. The van der Waals surface area contributed by atoms with E-state index in [1.165, 1.54) is 0 Å². The largest absolute Gasteiger partial charge is 0.493 e. The van der Waals surface area contributed by atoms with Gasteiger partial charge in [0.15, 0.2) is 0 Å². The molecule has 5 nitrogen and oxygen atoms in total. The SMILES string of the molecule is CCCOc1ccc(S)cc1-c1cn(C)c(=O)c2ccc(/C(=C/NC)CN)cc12. The van der Waals surface area contributed by atoms with Crippen LogP contribution in [0.15, 0.2) is 58.5 Å². The Morgan fingerprint density at radius 3 is 2.69 bits per heavy atom. The minimum Gasteiger partial charge on any atom is -0.493 e. The summed E-state index contributed by atoms with van der Waals surface area (Å²) in [6.45, 7) is 3.09. The molecular formula is C23H27N3O2S. The van der Waals surface area contributed by atoms with E-state index in [-0.39, 0.29) is 5.56 Å². The summed E-state index contributed by atoms with van der Waals surface area (Å²) in [5.74, 6) is 0.778. The molecule has 0 saturated carbocycles. The lowest BCUT2D eigenvalue weighted by Crippen LogP contribution is -2.17. The number of benzene rings is 2. The molecule has 3 N–H and O–H groups in total. The third-order valence-electron chi connectivity index (χ3n) is 4.81. The standard InChI is InChI=1S/C23H27N3O2S/c1-4-9-28-22-8-6-17(29)11-20(22)21-14-26(3)23(27)18-7-5-15(10-19(18)21)16(12-24)13-25-2/h5-8,10-11,13-14,25,29H,4,9,12,24H2,1-3H3/b16-13+. The fourth-order valence-electron chi connectivity index (χ4n) is 3.38. The summed E-state index contributed by atoms with van der Waals surface area (Å²) < 4.78 is 7.60. The zero-order chi connectivity index (χ0) is 21.0. The summed E-state index contributed by atoms with van der Waals surface area (Å²) in [4.78, 5) is 13.6. The summed E-state index contributed by atoms with van der Waals surface area (Å²) in [7, 11) is 3.61. The van der Waals surface area contributed by atoms with Crippen molar-refractivity contribution in [3.63, 3.8) is 0 Å². The molecular weight excluding hydrogens is 382 g/mol. The van der Waals surface area contributed by atoms with Crippen LogP contribution in [0.2, 0.25) is 0 Å². The number of nitrogens with one attached hydrogen (secondary N) is 1. The monoisotopic (exact) mass is 409 g/mol. The highest BCUT2D eigenvalue weighted by atomic mass is 32.1. The van der Waals surface area contributed by atoms with Gasteiger partial charge < -0.3 is 20.4 Å². The second-order valence-electron chi connectivity index (χ2n) is 6.91. The molecule has 3 rings (SSSR count). The number of nitrogens with two attached hydrogens (primary N) is 1. The van der Waals surface area contributed by atoms with Crippen molar-refractivity contribution in [3.05, 3.63) is 64.7 Å². The van der Waals surface area contributed by atoms with E-state index in [9.17, 15) is 4.79 Å². The maximum atomic E-state index is 12.8. The Labute approximate surface area is 176 Å². The minimum absolute atomic E-state index is 0.0414. The van der Waals surface area contributed by atoms with Crippen molar-refractivity contribution < 1.29 is 4.74 Å². The van der Waals surface area contributed by atoms with E-state index in [4.69, 9.17) is 10.5 Å². The van der Waals surface area contributed by atoms with Crippen LogP contribution in [-0.4, -0.2) is 24.8 Å². The second kappa shape index (κ2) is 9.20. The number of thiol groups is 1. The molecule has 0 aliphatic carbocycles. The maximum absolute atomic E-state index is 12.8. The summed E-state index contributed by atoms with van der Waals surface area (Å²) in [5, 5.41) is 4.55. The van der Waals surface area contributed by atoms with Crippen LogP contribution in [0.4, 0.5) is 0 Å². The van der Waals surface area contributed by atoms with Crippen molar-refractivity contribution in [2.45, 2.75) is 18.2 Å². The van der Waals surface area contributed by atoms with E-state index in [1.807, 2.05) is 55.8 Å². The molecule has 29 heavy (non-hydrogen) atoms. The van der Waals surface area contributed by atoms with Gasteiger partial charge in [0.2, 0.25) is 0 Å². The Balaban J connectivity index is 2.33. The molecule has 0 radical (unpaired) electrons. The molecule has 1 heterocycles. The average Bonchev–Trinajstić information content (AvgIpc) is 2.73. The molecule has 0 aliphatic rings. The minimum atomic E-state index is -0.0414. The van der Waals surface area contributed by atoms with Crippen molar-refractivity contribution in [2.75, 3.05) is 20.2 Å². The van der Waals surface area contributed by atoms with Crippen LogP contribution in [-0.2, 0) is 7.05 Å². The lowest BCUT2D eigenvalue weighted by molar-refractivity contribution is 0.318. The van der Waals surface area contributed by atoms with Gasteiger partial charge in [-0.05, 0) is 53.3 Å². The average molecular weight is 410 g/mol. The zero-order valence-corrected chi connectivity index (χ0v) is 17.9. The Kier molecular flexibility index (Phi) is 6.67. The molecule has 0 saturated heterocycles. The lowest BCUT2D eigenvalue weighted by atomic mass is 9.96. The Hall–Kier alpha value is -2.70. The van der Waals surface area contributed by atoms with Gasteiger partial charge in [-0.3, -0.25) is 4.79 Å². The van der Waals surface area contributed by atoms with Gasteiger partial charge in [0.05, 0.1) is 6.61 Å². The first-order valence-corrected chi connectivity index (χ1v) is 10.1. The molecule has 6 heteroatoms. The van der Waals surface area contributed by atoms with Crippen molar-refractivity contribution in [1.82, 2.24) is 9.88 Å². The topological polar surface area (TPSA) is 69.3 Å². The predicted octanol–water partition coefficient (Wildman–Crippen LogP) is 3.80. The maximum Gasteiger partial charge on any atom is 0.258 e. The normalized spacial score (nSPS) is 11.7. The summed E-state index contributed by atoms with van der Waals surface area (Å²) >= 11 is 4.52. The first kappa shape index (κ1) is 21.0. The molecule has 152 valence electrons. The van der Waals surface area contributed by atoms with Crippen molar-refractivity contribution in [2.24, 2.45) is 12.8 Å². The number of pyridine rings is 1. The first-order valence-electron chi connectivity index (χ1n) is 9.66. The molecule has 2 aromatic carbocycles. The van der Waals surface area contributed by atoms with Gasteiger partial charge in [0.25, 0.3) is 5.56 Å². The molecule has 3 aromatic rings. The highest BCUT2D eigenvalue weighted by Crippen LogP contribution is 2.36. The fourth-order valence-corrected chi connectivity index (χ4v) is 3.58. The molecule has 0 amide bonds. The number of aryl methyl sites for hydroxylation is 1. The lowest BCUT2D eigenvalue weighted by Gasteiger charge is -2.16. The number of hydrogen-bond donors (Lipinski definition) is 3. The smallest absolute Gasteiger partial charge is 0.258 e. The molecule has 0 spiro atoms. The van der Waals surface area contributed by atoms with Crippen LogP contribution in [0, 0.1) is 0 Å². The van der Waals surface area contributed by atoms with E-state index in [0.29, 0.717) is 18.5 Å². The van der Waals surface area contributed by atoms with Crippen LogP contribution < -0.4 is 21.3 Å². The molecule has 0 fully saturated rings. The highest BCUT2D eigenvalue weighted by Gasteiger charge is 2.15. The van der Waals surface area contributed by atoms with Gasteiger partial charge in [0, 0.05) is 54.4 Å². The first-order chi connectivity index (χ1) is 14.0. The van der Waals surface area contributed by atoms with Gasteiger partial charge in [-0.2, -0.15) is 0 Å². The van der Waals surface area contributed by atoms with E-state index in [2.05, 4.69) is 24.9 Å². The number of fused-ring (bicyclic) bond motifs is 1. The van der Waals surface area contributed by atoms with Gasteiger partial charge in [-0.25, -0.2) is 0 Å². The number of hydrogen-bond acceptors (Lipinski definition) is 5. The zero-order valence-electron chi connectivity index (χ0n) is 17.0. The van der Waals surface area contributed by atoms with Crippen LogP contribution in [0.5, 0.6) is 5.75 Å². The fraction of sp³-hybridized carbons (Fsp3) is 0.261. The molecule has 0 atom stereocenters. The highest BCUT2D eigenvalue weighted by molar-refractivity contribution is 7.80. The molecule has 1 aromatic heterocycles. The molecule has 0 unspecified atom stereocenters. The van der Waals surface area contributed by atoms with E-state index < -0.39 is 0 Å². The van der Waals surface area contributed by atoms with E-state index in [1.54, 1.807) is 11.6 Å². The summed E-state index contributed by atoms with van der Waals surface area (Å²) in [5.41, 5.74) is 9.67. The van der Waals surface area contributed by atoms with Crippen molar-refractivity contribution in [1.29, 1.82) is 0 Å². The molecule has 0 aliphatic heterocycles. The van der Waals surface area contributed by atoms with Crippen LogP contribution in [0.1, 0.15) is 18.9 Å². The van der Waals surface area contributed by atoms with Crippen LogP contribution >= 0.6 is 12.6 Å². The van der Waals surface area contributed by atoms with E-state index in [0.717, 1.165) is 44.7 Å². The quantitative estimate of drug-likeness (QED) is 0.519. The predicted molar refractivity (Wildman–Crippen MR) is 124 cm³/mol. The Morgan fingerprint density at radius 2 is 2.00 bits per heavy atom. The van der Waals surface area contributed by atoms with Gasteiger partial charge in [-0.1, -0.05) is 13.0 Å². The van der Waals surface area contributed by atoms with Crippen LogP contribution in [0.3, 0.4) is 0 Å². The number of rotatable bonds is 7. The third kappa shape index (κ3) is 4.33.